The fourth-order valence-electron chi connectivity index (χ4n) is 3.74. The van der Waals surface area contributed by atoms with Crippen molar-refractivity contribution in [1.29, 1.82) is 0 Å². The highest BCUT2D eigenvalue weighted by atomic mass is 79.9. The number of ether oxygens (including phenoxy) is 1. The predicted octanol–water partition coefficient (Wildman–Crippen LogP) is 4.68. The Balaban J connectivity index is 1.79. The molecule has 1 saturated carbocycles. The summed E-state index contributed by atoms with van der Waals surface area (Å²) in [4.78, 5) is 12.8. The molecule has 2 nitrogen and oxygen atoms in total. The van der Waals surface area contributed by atoms with E-state index in [1.165, 1.54) is 12.8 Å². The van der Waals surface area contributed by atoms with Gasteiger partial charge in [0.25, 0.3) is 0 Å². The first-order valence-corrected chi connectivity index (χ1v) is 8.33. The number of Topliss-reactive ketones (excluding diaryl/α,β-unsaturated/α-hetero) is 1. The van der Waals surface area contributed by atoms with Gasteiger partial charge < -0.3 is 4.74 Å². The second-order valence-corrected chi connectivity index (χ2v) is 7.17. The highest BCUT2D eigenvalue weighted by molar-refractivity contribution is 9.10. The molecule has 1 aliphatic carbocycles. The standard InChI is InChI=1S/C17H21BrO2/c1-12-10-14(18)4-5-15(12)16(19)13-6-9-20-17(11-13)7-2-3-8-17/h4-5,10,13H,2-3,6-9,11H2,1H3. The Labute approximate surface area is 129 Å². The van der Waals surface area contributed by atoms with Crippen LogP contribution in [0.25, 0.3) is 0 Å². The van der Waals surface area contributed by atoms with Crippen LogP contribution in [0.1, 0.15) is 54.4 Å². The molecule has 0 aromatic heterocycles. The van der Waals surface area contributed by atoms with Gasteiger partial charge in [-0.25, -0.2) is 0 Å². The summed E-state index contributed by atoms with van der Waals surface area (Å²) in [6.07, 6.45) is 6.56. The first kappa shape index (κ1) is 14.3. The largest absolute Gasteiger partial charge is 0.375 e. The van der Waals surface area contributed by atoms with E-state index in [1.54, 1.807) is 0 Å². The molecule has 2 fully saturated rings. The fraction of sp³-hybridized carbons (Fsp3) is 0.588. The lowest BCUT2D eigenvalue weighted by Crippen LogP contribution is -2.39. The fourth-order valence-corrected chi connectivity index (χ4v) is 4.22. The summed E-state index contributed by atoms with van der Waals surface area (Å²) in [6.45, 7) is 2.76. The SMILES string of the molecule is Cc1cc(Br)ccc1C(=O)C1CCOC2(CCCC2)C1. The molecule has 0 radical (unpaired) electrons. The molecule has 1 atom stereocenters. The quantitative estimate of drug-likeness (QED) is 0.733. The van der Waals surface area contributed by atoms with Crippen molar-refractivity contribution in [2.24, 2.45) is 5.92 Å². The third kappa shape index (κ3) is 2.71. The van der Waals surface area contributed by atoms with E-state index in [2.05, 4.69) is 15.9 Å². The molecule has 2 aliphatic rings. The molecule has 108 valence electrons. The second-order valence-electron chi connectivity index (χ2n) is 6.25. The molecule has 0 bridgehead atoms. The maximum absolute atomic E-state index is 12.8. The van der Waals surface area contributed by atoms with Crippen LogP contribution in [0.3, 0.4) is 0 Å². The van der Waals surface area contributed by atoms with E-state index in [-0.39, 0.29) is 11.5 Å². The number of halogens is 1. The minimum atomic E-state index is 0.0157. The minimum absolute atomic E-state index is 0.0157. The topological polar surface area (TPSA) is 26.3 Å². The molecule has 1 aromatic rings. The Morgan fingerprint density at radius 1 is 1.35 bits per heavy atom. The number of hydrogen-bond acceptors (Lipinski definition) is 2. The molecule has 1 aliphatic heterocycles. The van der Waals surface area contributed by atoms with E-state index < -0.39 is 0 Å². The molecule has 20 heavy (non-hydrogen) atoms. The summed E-state index contributed by atoms with van der Waals surface area (Å²) in [5, 5.41) is 0. The van der Waals surface area contributed by atoms with Gasteiger partial charge in [-0.2, -0.15) is 0 Å². The molecule has 1 spiro atoms. The van der Waals surface area contributed by atoms with Crippen LogP contribution in [0.4, 0.5) is 0 Å². The smallest absolute Gasteiger partial charge is 0.166 e. The van der Waals surface area contributed by atoms with Crippen LogP contribution in [-0.4, -0.2) is 18.0 Å². The Morgan fingerprint density at radius 2 is 2.10 bits per heavy atom. The number of aryl methyl sites for hydroxylation is 1. The van der Waals surface area contributed by atoms with Crippen molar-refractivity contribution in [2.75, 3.05) is 6.61 Å². The lowest BCUT2D eigenvalue weighted by atomic mass is 9.80. The average Bonchev–Trinajstić information content (AvgIpc) is 2.86. The Morgan fingerprint density at radius 3 is 2.80 bits per heavy atom. The first-order chi connectivity index (χ1) is 9.60. The van der Waals surface area contributed by atoms with Gasteiger partial charge in [-0.05, 0) is 50.3 Å². The van der Waals surface area contributed by atoms with Crippen molar-refractivity contribution < 1.29 is 9.53 Å². The van der Waals surface area contributed by atoms with Gasteiger partial charge in [0.05, 0.1) is 5.60 Å². The molecule has 0 amide bonds. The van der Waals surface area contributed by atoms with Gasteiger partial charge >= 0.3 is 0 Å². The van der Waals surface area contributed by atoms with E-state index in [4.69, 9.17) is 4.74 Å². The van der Waals surface area contributed by atoms with E-state index >= 15 is 0 Å². The lowest BCUT2D eigenvalue weighted by Gasteiger charge is -2.37. The van der Waals surface area contributed by atoms with E-state index in [9.17, 15) is 4.79 Å². The van der Waals surface area contributed by atoms with Gasteiger partial charge in [0.2, 0.25) is 0 Å². The van der Waals surface area contributed by atoms with Gasteiger partial charge in [-0.1, -0.05) is 34.8 Å². The Hall–Kier alpha value is -0.670. The number of hydrogen-bond donors (Lipinski definition) is 0. The lowest BCUT2D eigenvalue weighted by molar-refractivity contribution is -0.0866. The normalized spacial score (nSPS) is 25.0. The average molecular weight is 337 g/mol. The van der Waals surface area contributed by atoms with E-state index in [0.717, 1.165) is 47.9 Å². The van der Waals surface area contributed by atoms with Crippen LogP contribution < -0.4 is 0 Å². The van der Waals surface area contributed by atoms with Crippen LogP contribution in [0.5, 0.6) is 0 Å². The molecule has 0 N–H and O–H groups in total. The van der Waals surface area contributed by atoms with Crippen molar-refractivity contribution >= 4 is 21.7 Å². The summed E-state index contributed by atoms with van der Waals surface area (Å²) in [5.74, 6) is 0.450. The summed E-state index contributed by atoms with van der Waals surface area (Å²) in [7, 11) is 0. The van der Waals surface area contributed by atoms with Gasteiger partial charge in [-0.15, -0.1) is 0 Å². The monoisotopic (exact) mass is 336 g/mol. The maximum Gasteiger partial charge on any atom is 0.166 e. The molecular formula is C17H21BrO2. The molecule has 1 aromatic carbocycles. The number of carbonyl (C=O) groups is 1. The summed E-state index contributed by atoms with van der Waals surface area (Å²) < 4.78 is 7.07. The van der Waals surface area contributed by atoms with Crippen LogP contribution in [0.2, 0.25) is 0 Å². The second kappa shape index (κ2) is 5.61. The van der Waals surface area contributed by atoms with Crippen molar-refractivity contribution in [3.63, 3.8) is 0 Å². The highest BCUT2D eigenvalue weighted by Crippen LogP contribution is 2.42. The van der Waals surface area contributed by atoms with Gasteiger partial charge in [0, 0.05) is 22.6 Å². The van der Waals surface area contributed by atoms with Crippen molar-refractivity contribution in [2.45, 2.75) is 51.0 Å². The zero-order valence-electron chi connectivity index (χ0n) is 12.0. The highest BCUT2D eigenvalue weighted by Gasteiger charge is 2.42. The summed E-state index contributed by atoms with van der Waals surface area (Å²) >= 11 is 3.46. The van der Waals surface area contributed by atoms with E-state index in [0.29, 0.717) is 5.78 Å². The predicted molar refractivity (Wildman–Crippen MR) is 83.1 cm³/mol. The molecule has 3 rings (SSSR count). The van der Waals surface area contributed by atoms with Crippen molar-refractivity contribution in [3.05, 3.63) is 33.8 Å². The molecule has 1 heterocycles. The minimum Gasteiger partial charge on any atom is -0.375 e. The first-order valence-electron chi connectivity index (χ1n) is 7.54. The van der Waals surface area contributed by atoms with E-state index in [1.807, 2.05) is 25.1 Å². The summed E-state index contributed by atoms with van der Waals surface area (Å²) in [5.41, 5.74) is 1.96. The number of rotatable bonds is 2. The summed E-state index contributed by atoms with van der Waals surface area (Å²) in [6, 6.07) is 5.95. The molecule has 3 heteroatoms. The third-order valence-corrected chi connectivity index (χ3v) is 5.33. The van der Waals surface area contributed by atoms with Crippen LogP contribution in [-0.2, 0) is 4.74 Å². The van der Waals surface area contributed by atoms with Gasteiger partial charge in [0.1, 0.15) is 0 Å². The zero-order valence-corrected chi connectivity index (χ0v) is 13.5. The number of carbonyl (C=O) groups excluding carboxylic acids is 1. The van der Waals surface area contributed by atoms with Crippen LogP contribution in [0.15, 0.2) is 22.7 Å². The third-order valence-electron chi connectivity index (χ3n) is 4.83. The van der Waals surface area contributed by atoms with Gasteiger partial charge in [0.15, 0.2) is 5.78 Å². The number of ketones is 1. The molecule has 1 unspecified atom stereocenters. The van der Waals surface area contributed by atoms with Crippen molar-refractivity contribution in [3.8, 4) is 0 Å². The Bertz CT molecular complexity index is 518. The number of benzene rings is 1. The van der Waals surface area contributed by atoms with Gasteiger partial charge in [-0.3, -0.25) is 4.79 Å². The zero-order chi connectivity index (χ0) is 14.2. The Kier molecular flexibility index (Phi) is 4.00. The maximum atomic E-state index is 12.8. The van der Waals surface area contributed by atoms with Crippen LogP contribution in [0, 0.1) is 12.8 Å². The van der Waals surface area contributed by atoms with Crippen molar-refractivity contribution in [1.82, 2.24) is 0 Å². The van der Waals surface area contributed by atoms with Crippen LogP contribution >= 0.6 is 15.9 Å². The molecular weight excluding hydrogens is 316 g/mol. The molecule has 1 saturated heterocycles.